The number of nitrogens with zero attached hydrogens (tertiary/aromatic N) is 1. The molecule has 3 rings (SSSR count). The zero-order valence-corrected chi connectivity index (χ0v) is 12.9. The number of aromatic amines is 1. The van der Waals surface area contributed by atoms with Crippen LogP contribution >= 0.6 is 11.6 Å². The fourth-order valence-corrected chi connectivity index (χ4v) is 3.70. The summed E-state index contributed by atoms with van der Waals surface area (Å²) in [7, 11) is -1.15. The highest BCUT2D eigenvalue weighted by molar-refractivity contribution is 7.85. The van der Waals surface area contributed by atoms with E-state index in [-0.39, 0.29) is 0 Å². The summed E-state index contributed by atoms with van der Waals surface area (Å²) in [6, 6.07) is 3.41. The fraction of sp³-hybridized carbons (Fsp3) is 0.357. The first-order chi connectivity index (χ1) is 10.2. The van der Waals surface area contributed by atoms with E-state index in [1.54, 1.807) is 18.3 Å². The number of aromatic nitrogens is 2. The van der Waals surface area contributed by atoms with Gasteiger partial charge in [0.15, 0.2) is 11.5 Å². The Morgan fingerprint density at radius 3 is 2.76 bits per heavy atom. The molecular weight excluding hydrogens is 312 g/mol. The van der Waals surface area contributed by atoms with E-state index >= 15 is 0 Å². The Morgan fingerprint density at radius 2 is 2.05 bits per heavy atom. The summed E-state index contributed by atoms with van der Waals surface area (Å²) >= 11 is 6.19. The van der Waals surface area contributed by atoms with Gasteiger partial charge in [0.2, 0.25) is 0 Å². The molecule has 0 bridgehead atoms. The maximum Gasteiger partial charge on any atom is 0.162 e. The average Bonchev–Trinajstić information content (AvgIpc) is 2.99. The third kappa shape index (κ3) is 3.39. The molecule has 21 heavy (non-hydrogen) atoms. The number of H-pyrrole nitrogens is 1. The highest BCUT2D eigenvalue weighted by atomic mass is 35.5. The predicted octanol–water partition coefficient (Wildman–Crippen LogP) is 2.57. The first-order valence-corrected chi connectivity index (χ1v) is 8.39. The van der Waals surface area contributed by atoms with Crippen molar-refractivity contribution >= 4 is 22.4 Å². The van der Waals surface area contributed by atoms with E-state index < -0.39 is 10.8 Å². The van der Waals surface area contributed by atoms with Crippen LogP contribution in [0.25, 0.3) is 0 Å². The summed E-state index contributed by atoms with van der Waals surface area (Å²) in [6.07, 6.45) is 5.27. The van der Waals surface area contributed by atoms with E-state index in [1.165, 1.54) is 0 Å². The number of hydrogen-bond acceptors (Lipinski definition) is 4. The number of nitrogens with one attached hydrogen (secondary N) is 1. The number of benzene rings is 1. The average molecular weight is 327 g/mol. The molecule has 0 saturated heterocycles. The van der Waals surface area contributed by atoms with E-state index in [0.29, 0.717) is 40.4 Å². The molecule has 1 aliphatic heterocycles. The summed E-state index contributed by atoms with van der Waals surface area (Å²) in [5, 5.41) is 7.11. The molecule has 1 aromatic heterocycles. The first-order valence-electron chi connectivity index (χ1n) is 6.69. The summed E-state index contributed by atoms with van der Waals surface area (Å²) in [4.78, 5) is 0.605. The lowest BCUT2D eigenvalue weighted by molar-refractivity contribution is 0.171. The third-order valence-electron chi connectivity index (χ3n) is 3.19. The number of fused-ring (bicyclic) bond motifs is 1. The van der Waals surface area contributed by atoms with E-state index in [1.807, 2.05) is 6.20 Å². The van der Waals surface area contributed by atoms with Crippen molar-refractivity contribution in [3.63, 3.8) is 0 Å². The molecule has 0 unspecified atom stereocenters. The van der Waals surface area contributed by atoms with Gasteiger partial charge in [0.25, 0.3) is 0 Å². The summed E-state index contributed by atoms with van der Waals surface area (Å²) < 4.78 is 23.3. The molecule has 1 N–H and O–H groups in total. The molecule has 7 heteroatoms. The lowest BCUT2D eigenvalue weighted by Gasteiger charge is -2.19. The van der Waals surface area contributed by atoms with Gasteiger partial charge in [0.1, 0.15) is 13.2 Å². The number of ether oxygens (including phenoxy) is 2. The second-order valence-corrected chi connectivity index (χ2v) is 6.63. The molecule has 0 spiro atoms. The van der Waals surface area contributed by atoms with Crippen LogP contribution in [0.4, 0.5) is 0 Å². The van der Waals surface area contributed by atoms with Crippen LogP contribution in [0.1, 0.15) is 12.0 Å². The maximum absolute atomic E-state index is 12.4. The molecular formula is C14H15ClN2O3S. The van der Waals surface area contributed by atoms with Crippen LogP contribution in [0, 0.1) is 0 Å². The van der Waals surface area contributed by atoms with Crippen molar-refractivity contribution in [3.8, 4) is 11.5 Å². The number of aryl methyl sites for hydroxylation is 1. The highest BCUT2D eigenvalue weighted by Crippen LogP contribution is 2.36. The van der Waals surface area contributed by atoms with E-state index in [4.69, 9.17) is 21.1 Å². The Morgan fingerprint density at radius 1 is 1.29 bits per heavy atom. The van der Waals surface area contributed by atoms with Gasteiger partial charge >= 0.3 is 0 Å². The Kier molecular flexibility index (Phi) is 4.45. The van der Waals surface area contributed by atoms with Crippen LogP contribution in [-0.2, 0) is 17.2 Å². The van der Waals surface area contributed by atoms with Gasteiger partial charge < -0.3 is 9.47 Å². The molecule has 1 atom stereocenters. The molecule has 0 aliphatic carbocycles. The third-order valence-corrected chi connectivity index (χ3v) is 5.10. The Bertz CT molecular complexity index is 646. The van der Waals surface area contributed by atoms with Gasteiger partial charge in [-0.25, -0.2) is 0 Å². The maximum atomic E-state index is 12.4. The molecule has 112 valence electrons. The van der Waals surface area contributed by atoms with E-state index in [0.717, 1.165) is 18.4 Å². The molecule has 0 saturated carbocycles. The van der Waals surface area contributed by atoms with Gasteiger partial charge in [-0.15, -0.1) is 0 Å². The second kappa shape index (κ2) is 6.49. The van der Waals surface area contributed by atoms with Crippen LogP contribution in [0.15, 0.2) is 29.4 Å². The van der Waals surface area contributed by atoms with Crippen molar-refractivity contribution in [2.24, 2.45) is 0 Å². The van der Waals surface area contributed by atoms with Gasteiger partial charge in [-0.3, -0.25) is 9.31 Å². The molecule has 5 nitrogen and oxygen atoms in total. The Balaban J connectivity index is 1.66. The van der Waals surface area contributed by atoms with E-state index in [2.05, 4.69) is 10.2 Å². The number of halogens is 1. The monoisotopic (exact) mass is 326 g/mol. The van der Waals surface area contributed by atoms with Crippen LogP contribution < -0.4 is 9.47 Å². The van der Waals surface area contributed by atoms with Crippen molar-refractivity contribution in [3.05, 3.63) is 35.1 Å². The van der Waals surface area contributed by atoms with Crippen molar-refractivity contribution in [2.75, 3.05) is 19.0 Å². The summed E-state index contributed by atoms with van der Waals surface area (Å²) in [5.41, 5.74) is 1.11. The summed E-state index contributed by atoms with van der Waals surface area (Å²) in [6.45, 7) is 1.01. The smallest absolute Gasteiger partial charge is 0.162 e. The standard InChI is InChI=1S/C14H15ClN2O3S/c15-11-6-12-13(20-4-3-19-12)7-14(11)21(18)5-1-2-10-8-16-17-9-10/h6-9H,1-5H2,(H,16,17)/t21-/m0/s1. The van der Waals surface area contributed by atoms with Crippen molar-refractivity contribution in [1.82, 2.24) is 10.2 Å². The van der Waals surface area contributed by atoms with Crippen molar-refractivity contribution in [2.45, 2.75) is 17.7 Å². The zero-order chi connectivity index (χ0) is 14.7. The predicted molar refractivity (Wildman–Crippen MR) is 80.6 cm³/mol. The zero-order valence-electron chi connectivity index (χ0n) is 11.3. The topological polar surface area (TPSA) is 64.2 Å². The van der Waals surface area contributed by atoms with Gasteiger partial charge in [-0.05, 0) is 18.4 Å². The fourth-order valence-electron chi connectivity index (χ4n) is 2.15. The largest absolute Gasteiger partial charge is 0.486 e. The molecule has 0 fully saturated rings. The number of rotatable bonds is 5. The Labute approximate surface area is 130 Å². The SMILES string of the molecule is O=[S@@](CCCc1cn[nH]c1)c1cc2c(cc1Cl)OCCO2. The van der Waals surface area contributed by atoms with Crippen LogP contribution in [0.5, 0.6) is 11.5 Å². The summed E-state index contributed by atoms with van der Waals surface area (Å²) in [5.74, 6) is 1.78. The normalized spacial score (nSPS) is 14.9. The lowest BCUT2D eigenvalue weighted by Crippen LogP contribution is -2.15. The van der Waals surface area contributed by atoms with Gasteiger partial charge in [0.05, 0.1) is 26.9 Å². The molecule has 0 amide bonds. The van der Waals surface area contributed by atoms with Crippen LogP contribution in [0.2, 0.25) is 5.02 Å². The van der Waals surface area contributed by atoms with Crippen molar-refractivity contribution in [1.29, 1.82) is 0 Å². The minimum absolute atomic E-state index is 0.459. The molecule has 0 radical (unpaired) electrons. The molecule has 1 aromatic carbocycles. The minimum Gasteiger partial charge on any atom is -0.486 e. The molecule has 2 heterocycles. The van der Waals surface area contributed by atoms with Crippen LogP contribution in [-0.4, -0.2) is 33.4 Å². The van der Waals surface area contributed by atoms with E-state index in [9.17, 15) is 4.21 Å². The first kappa shape index (κ1) is 14.4. The highest BCUT2D eigenvalue weighted by Gasteiger charge is 2.18. The number of hydrogen-bond donors (Lipinski definition) is 1. The van der Waals surface area contributed by atoms with Gasteiger partial charge in [0, 0.05) is 24.1 Å². The quantitative estimate of drug-likeness (QED) is 0.917. The van der Waals surface area contributed by atoms with Gasteiger partial charge in [-0.1, -0.05) is 11.6 Å². The molecule has 1 aliphatic rings. The lowest BCUT2D eigenvalue weighted by atomic mass is 10.2. The van der Waals surface area contributed by atoms with Crippen molar-refractivity contribution < 1.29 is 13.7 Å². The molecule has 2 aromatic rings. The Hall–Kier alpha value is -1.53. The van der Waals surface area contributed by atoms with Crippen LogP contribution in [0.3, 0.4) is 0 Å². The van der Waals surface area contributed by atoms with Gasteiger partial charge in [-0.2, -0.15) is 5.10 Å². The minimum atomic E-state index is -1.15. The second-order valence-electron chi connectivity index (χ2n) is 4.69.